The van der Waals surface area contributed by atoms with Gasteiger partial charge in [0.05, 0.1) is 5.69 Å². The predicted molar refractivity (Wildman–Crippen MR) is 113 cm³/mol. The monoisotopic (exact) mass is 403 g/mol. The van der Waals surface area contributed by atoms with Crippen molar-refractivity contribution in [3.63, 3.8) is 0 Å². The quantitative estimate of drug-likeness (QED) is 0.675. The van der Waals surface area contributed by atoms with Crippen LogP contribution in [0.2, 0.25) is 0 Å². The first kappa shape index (κ1) is 21.9. The molecule has 0 unspecified atom stereocenters. The number of rotatable bonds is 8. The zero-order valence-corrected chi connectivity index (χ0v) is 17.8. The molecule has 2 amide bonds. The van der Waals surface area contributed by atoms with Crippen LogP contribution in [0, 0.1) is 0 Å². The van der Waals surface area contributed by atoms with E-state index >= 15 is 0 Å². The fraction of sp³-hybridized carbons (Fsp3) is 0.476. The minimum atomic E-state index is -0.882. The third kappa shape index (κ3) is 6.96. The summed E-state index contributed by atoms with van der Waals surface area (Å²) in [5, 5.41) is 14.7. The van der Waals surface area contributed by atoms with Crippen LogP contribution in [0.4, 0.5) is 9.93 Å². The molecule has 1 heterocycles. The number of nitrogens with one attached hydrogen (secondary N) is 1. The van der Waals surface area contributed by atoms with Gasteiger partial charge in [0, 0.05) is 24.4 Å². The third-order valence-electron chi connectivity index (χ3n) is 4.42. The summed E-state index contributed by atoms with van der Waals surface area (Å²) in [6.07, 6.45) is 2.63. The average Bonchev–Trinajstić information content (AvgIpc) is 3.01. The number of aryl methyl sites for hydroxylation is 2. The van der Waals surface area contributed by atoms with Crippen molar-refractivity contribution in [1.29, 1.82) is 0 Å². The fourth-order valence-corrected chi connectivity index (χ4v) is 3.73. The van der Waals surface area contributed by atoms with Gasteiger partial charge in [-0.05, 0) is 57.6 Å². The van der Waals surface area contributed by atoms with Crippen LogP contribution in [0.5, 0.6) is 0 Å². The number of carbonyl (C=O) groups is 2. The second-order valence-electron chi connectivity index (χ2n) is 7.85. The van der Waals surface area contributed by atoms with Crippen LogP contribution >= 0.6 is 11.3 Å². The highest BCUT2D eigenvalue weighted by molar-refractivity contribution is 7.13. The van der Waals surface area contributed by atoms with E-state index in [1.54, 1.807) is 0 Å². The van der Waals surface area contributed by atoms with Crippen molar-refractivity contribution in [1.82, 2.24) is 9.88 Å². The Balaban J connectivity index is 1.80. The van der Waals surface area contributed by atoms with Crippen molar-refractivity contribution in [2.24, 2.45) is 0 Å². The maximum Gasteiger partial charge on any atom is 0.407 e. The number of nitrogens with zero attached hydrogens (tertiary/aromatic N) is 2. The summed E-state index contributed by atoms with van der Waals surface area (Å²) in [7, 11) is 0. The summed E-state index contributed by atoms with van der Waals surface area (Å²) in [6, 6.07) is 8.38. The lowest BCUT2D eigenvalue weighted by atomic mass is 10.0. The van der Waals surface area contributed by atoms with E-state index in [-0.39, 0.29) is 5.91 Å². The summed E-state index contributed by atoms with van der Waals surface area (Å²) in [6.45, 7) is 7.69. The normalized spacial score (nSPS) is 11.3. The molecule has 6 nitrogen and oxygen atoms in total. The first-order chi connectivity index (χ1) is 13.1. The van der Waals surface area contributed by atoms with Crippen molar-refractivity contribution in [3.05, 3.63) is 46.5 Å². The van der Waals surface area contributed by atoms with Gasteiger partial charge >= 0.3 is 6.09 Å². The van der Waals surface area contributed by atoms with Gasteiger partial charge in [0.25, 0.3) is 0 Å². The Morgan fingerprint density at radius 3 is 2.25 bits per heavy atom. The Hall–Kier alpha value is -2.41. The molecule has 0 radical (unpaired) electrons. The number of amides is 2. The third-order valence-corrected chi connectivity index (χ3v) is 5.23. The molecule has 2 rings (SSSR count). The molecule has 0 fully saturated rings. The molecule has 0 bridgehead atoms. The summed E-state index contributed by atoms with van der Waals surface area (Å²) >= 11 is 1.45. The number of hydrogen-bond acceptors (Lipinski definition) is 4. The smallest absolute Gasteiger partial charge is 0.407 e. The molecule has 0 saturated heterocycles. The summed E-state index contributed by atoms with van der Waals surface area (Å²) < 4.78 is 0. The molecule has 0 spiro atoms. The minimum absolute atomic E-state index is 0.102. The lowest BCUT2D eigenvalue weighted by Gasteiger charge is -2.33. The molecular formula is C21H29N3O3S. The van der Waals surface area contributed by atoms with Crippen molar-refractivity contribution in [3.8, 4) is 0 Å². The van der Waals surface area contributed by atoms with E-state index < -0.39 is 11.6 Å². The van der Waals surface area contributed by atoms with E-state index in [4.69, 9.17) is 0 Å². The molecule has 152 valence electrons. The lowest BCUT2D eigenvalue weighted by Crippen LogP contribution is -2.45. The highest BCUT2D eigenvalue weighted by Gasteiger charge is 2.25. The Bertz CT molecular complexity index is 794. The fourth-order valence-electron chi connectivity index (χ4n) is 2.93. The number of carbonyl (C=O) groups excluding carboxylic acids is 1. The van der Waals surface area contributed by atoms with Gasteiger partial charge in [-0.25, -0.2) is 9.78 Å². The topological polar surface area (TPSA) is 82.5 Å². The first-order valence-corrected chi connectivity index (χ1v) is 10.3. The molecular weight excluding hydrogens is 374 g/mol. The second-order valence-corrected chi connectivity index (χ2v) is 8.71. The van der Waals surface area contributed by atoms with Crippen LogP contribution in [0.1, 0.15) is 50.9 Å². The molecule has 7 heteroatoms. The van der Waals surface area contributed by atoms with Crippen LogP contribution in [0.25, 0.3) is 0 Å². The van der Waals surface area contributed by atoms with E-state index in [1.165, 1.54) is 28.7 Å². The van der Waals surface area contributed by atoms with Crippen LogP contribution < -0.4 is 5.32 Å². The Morgan fingerprint density at radius 1 is 1.11 bits per heavy atom. The van der Waals surface area contributed by atoms with Gasteiger partial charge in [-0.15, -0.1) is 11.3 Å². The number of anilines is 1. The van der Waals surface area contributed by atoms with E-state index in [1.807, 2.05) is 26.2 Å². The SMILES string of the molecule is CC(=O)Nc1nc(CCCc2ccc(CCN(C(=O)O)C(C)(C)C)cc2)cs1. The molecule has 28 heavy (non-hydrogen) atoms. The van der Waals surface area contributed by atoms with Crippen LogP contribution in [-0.4, -0.2) is 39.1 Å². The Labute approximate surface area is 170 Å². The van der Waals surface area contributed by atoms with Gasteiger partial charge in [-0.3, -0.25) is 4.79 Å². The Morgan fingerprint density at radius 2 is 1.71 bits per heavy atom. The highest BCUT2D eigenvalue weighted by Crippen LogP contribution is 2.18. The van der Waals surface area contributed by atoms with E-state index in [9.17, 15) is 14.7 Å². The number of aromatic nitrogens is 1. The average molecular weight is 404 g/mol. The second kappa shape index (κ2) is 9.68. The van der Waals surface area contributed by atoms with Crippen molar-refractivity contribution in [2.45, 2.75) is 58.9 Å². The number of thiazole rings is 1. The van der Waals surface area contributed by atoms with E-state index in [2.05, 4.69) is 34.6 Å². The largest absolute Gasteiger partial charge is 0.465 e. The Kier molecular flexibility index (Phi) is 7.57. The maximum atomic E-state index is 11.4. The van der Waals surface area contributed by atoms with Gasteiger partial charge in [-0.2, -0.15) is 0 Å². The van der Waals surface area contributed by atoms with Crippen LogP contribution in [0.15, 0.2) is 29.6 Å². The molecule has 2 aromatic rings. The van der Waals surface area contributed by atoms with Crippen molar-refractivity contribution in [2.75, 3.05) is 11.9 Å². The van der Waals surface area contributed by atoms with Gasteiger partial charge in [0.2, 0.25) is 5.91 Å². The molecule has 0 aliphatic rings. The molecule has 1 aromatic carbocycles. The zero-order valence-electron chi connectivity index (χ0n) is 17.0. The molecule has 0 aliphatic carbocycles. The lowest BCUT2D eigenvalue weighted by molar-refractivity contribution is -0.114. The number of hydrogen-bond donors (Lipinski definition) is 2. The highest BCUT2D eigenvalue weighted by atomic mass is 32.1. The number of carboxylic acid groups (broad SMARTS) is 1. The molecule has 1 aromatic heterocycles. The maximum absolute atomic E-state index is 11.4. The van der Waals surface area contributed by atoms with Gasteiger partial charge < -0.3 is 15.3 Å². The summed E-state index contributed by atoms with van der Waals surface area (Å²) in [5.41, 5.74) is 2.99. The van der Waals surface area contributed by atoms with E-state index in [0.29, 0.717) is 18.1 Å². The van der Waals surface area contributed by atoms with Gasteiger partial charge in [-0.1, -0.05) is 24.3 Å². The van der Waals surface area contributed by atoms with Gasteiger partial charge in [0.15, 0.2) is 5.13 Å². The zero-order chi connectivity index (χ0) is 20.7. The van der Waals surface area contributed by atoms with Crippen molar-refractivity contribution >= 4 is 28.5 Å². The molecule has 0 aliphatic heterocycles. The first-order valence-electron chi connectivity index (χ1n) is 9.45. The number of benzene rings is 1. The molecule has 0 saturated carbocycles. The van der Waals surface area contributed by atoms with Crippen molar-refractivity contribution < 1.29 is 14.7 Å². The summed E-state index contributed by atoms with van der Waals surface area (Å²) in [5.74, 6) is -0.102. The van der Waals surface area contributed by atoms with E-state index in [0.717, 1.165) is 30.5 Å². The van der Waals surface area contributed by atoms with Crippen LogP contribution in [0.3, 0.4) is 0 Å². The van der Waals surface area contributed by atoms with Gasteiger partial charge in [0.1, 0.15) is 0 Å². The molecule has 2 N–H and O–H groups in total. The predicted octanol–water partition coefficient (Wildman–Crippen LogP) is 4.60. The minimum Gasteiger partial charge on any atom is -0.465 e. The van der Waals surface area contributed by atoms with Crippen LogP contribution in [-0.2, 0) is 24.1 Å². The molecule has 0 atom stereocenters. The standard InChI is InChI=1S/C21H29N3O3S/c1-15(25)22-19-23-18(14-28-19)7-5-6-16-8-10-17(11-9-16)12-13-24(20(26)27)21(2,3)4/h8-11,14H,5-7,12-13H2,1-4H3,(H,26,27)(H,22,23,25). The summed E-state index contributed by atoms with van der Waals surface area (Å²) in [4.78, 5) is 28.3.